The van der Waals surface area contributed by atoms with Crippen molar-refractivity contribution in [1.29, 1.82) is 0 Å². The van der Waals surface area contributed by atoms with Gasteiger partial charge in [0.25, 0.3) is 5.91 Å². The van der Waals surface area contributed by atoms with Crippen LogP contribution in [0.3, 0.4) is 0 Å². The van der Waals surface area contributed by atoms with Gasteiger partial charge in [-0.2, -0.15) is 0 Å². The smallest absolute Gasteiger partial charge is 0.250 e. The molecular weight excluding hydrogens is 310 g/mol. The molecule has 0 aliphatic rings. The van der Waals surface area contributed by atoms with E-state index >= 15 is 0 Å². The summed E-state index contributed by atoms with van der Waals surface area (Å²) >= 11 is 7.37. The summed E-state index contributed by atoms with van der Waals surface area (Å²) in [5, 5.41) is 4.32. The number of nitrogen functional groups attached to an aromatic ring is 1. The van der Waals surface area contributed by atoms with Crippen LogP contribution >= 0.6 is 22.9 Å². The van der Waals surface area contributed by atoms with Gasteiger partial charge in [0.15, 0.2) is 5.13 Å². The van der Waals surface area contributed by atoms with Crippen molar-refractivity contribution in [3.05, 3.63) is 41.0 Å². The monoisotopic (exact) mass is 319 g/mol. The number of anilines is 3. The number of aromatic nitrogens is 2. The molecule has 21 heavy (non-hydrogen) atoms. The summed E-state index contributed by atoms with van der Waals surface area (Å²) in [4.78, 5) is 19.8. The van der Waals surface area contributed by atoms with E-state index in [0.29, 0.717) is 16.0 Å². The molecule has 0 aliphatic heterocycles. The average Bonchev–Trinajstić information content (AvgIpc) is 2.82. The van der Waals surface area contributed by atoms with Crippen molar-refractivity contribution in [2.24, 2.45) is 5.73 Å². The Bertz CT molecular complexity index is 848. The van der Waals surface area contributed by atoms with Crippen LogP contribution in [0.2, 0.25) is 5.02 Å². The van der Waals surface area contributed by atoms with E-state index in [1.54, 1.807) is 6.07 Å². The van der Waals surface area contributed by atoms with Gasteiger partial charge in [-0.1, -0.05) is 22.9 Å². The van der Waals surface area contributed by atoms with Crippen LogP contribution in [0.4, 0.5) is 16.6 Å². The fraction of sp³-hybridized carbons (Fsp3) is 0. The summed E-state index contributed by atoms with van der Waals surface area (Å²) in [6, 6.07) is 6.95. The quantitative estimate of drug-likeness (QED) is 0.688. The van der Waals surface area contributed by atoms with E-state index in [1.807, 2.05) is 12.1 Å². The number of fused-ring (bicyclic) bond motifs is 1. The number of halogens is 1. The molecule has 0 saturated heterocycles. The molecule has 8 heteroatoms. The van der Waals surface area contributed by atoms with Gasteiger partial charge in [0.2, 0.25) is 0 Å². The Morgan fingerprint density at radius 1 is 1.33 bits per heavy atom. The molecule has 2 heterocycles. The summed E-state index contributed by atoms with van der Waals surface area (Å²) in [7, 11) is 0. The predicted octanol–water partition coefficient (Wildman–Crippen LogP) is 2.77. The summed E-state index contributed by atoms with van der Waals surface area (Å²) in [6.45, 7) is 0. The van der Waals surface area contributed by atoms with Crippen molar-refractivity contribution >= 4 is 55.7 Å². The summed E-state index contributed by atoms with van der Waals surface area (Å²) in [5.74, 6) is -0.155. The number of hydrogen-bond donors (Lipinski definition) is 3. The largest absolute Gasteiger partial charge is 0.397 e. The number of nitrogens with two attached hydrogens (primary N) is 2. The topological polar surface area (TPSA) is 107 Å². The Labute approximate surface area is 128 Å². The minimum Gasteiger partial charge on any atom is -0.397 e. The van der Waals surface area contributed by atoms with Gasteiger partial charge in [-0.25, -0.2) is 9.97 Å². The lowest BCUT2D eigenvalue weighted by atomic mass is 10.2. The van der Waals surface area contributed by atoms with E-state index in [9.17, 15) is 4.79 Å². The molecule has 3 rings (SSSR count). The standard InChI is InChI=1S/C13H10ClN5OS/c14-6-1-2-9-10(3-6)21-13(18-9)19-11-4-7(12(16)20)8(15)5-17-11/h1-5H,15H2,(H2,16,20)(H,17,18,19). The second-order valence-corrected chi connectivity index (χ2v) is 5.74. The van der Waals surface area contributed by atoms with Gasteiger partial charge in [-0.3, -0.25) is 4.79 Å². The van der Waals surface area contributed by atoms with Crippen molar-refractivity contribution < 1.29 is 4.79 Å². The molecule has 2 aromatic heterocycles. The molecule has 0 atom stereocenters. The van der Waals surface area contributed by atoms with E-state index in [2.05, 4.69) is 15.3 Å². The number of thiazole rings is 1. The first-order valence-electron chi connectivity index (χ1n) is 5.91. The van der Waals surface area contributed by atoms with Crippen LogP contribution in [-0.4, -0.2) is 15.9 Å². The van der Waals surface area contributed by atoms with Crippen LogP contribution in [0.1, 0.15) is 10.4 Å². The maximum Gasteiger partial charge on any atom is 0.250 e. The number of primary amides is 1. The molecule has 0 aliphatic carbocycles. The highest BCUT2D eigenvalue weighted by Gasteiger charge is 2.10. The van der Waals surface area contributed by atoms with Crippen LogP contribution in [0, 0.1) is 0 Å². The average molecular weight is 320 g/mol. The number of nitrogens with one attached hydrogen (secondary N) is 1. The molecule has 1 aromatic carbocycles. The Balaban J connectivity index is 1.94. The molecule has 1 amide bonds. The fourth-order valence-electron chi connectivity index (χ4n) is 1.81. The highest BCUT2D eigenvalue weighted by atomic mass is 35.5. The molecule has 106 valence electrons. The van der Waals surface area contributed by atoms with Gasteiger partial charge in [0, 0.05) is 5.02 Å². The first-order valence-corrected chi connectivity index (χ1v) is 7.11. The third-order valence-electron chi connectivity index (χ3n) is 2.79. The SMILES string of the molecule is NC(=O)c1cc(Nc2nc3ccc(Cl)cc3s2)ncc1N. The Kier molecular flexibility index (Phi) is 3.36. The molecule has 0 spiro atoms. The zero-order valence-electron chi connectivity index (χ0n) is 10.6. The van der Waals surface area contributed by atoms with E-state index < -0.39 is 5.91 Å². The maximum absolute atomic E-state index is 11.3. The normalized spacial score (nSPS) is 10.7. The van der Waals surface area contributed by atoms with Crippen LogP contribution in [0.15, 0.2) is 30.5 Å². The Hall–Kier alpha value is -2.38. The lowest BCUT2D eigenvalue weighted by molar-refractivity contribution is 0.100. The number of rotatable bonds is 3. The maximum atomic E-state index is 11.3. The lowest BCUT2D eigenvalue weighted by Gasteiger charge is -2.05. The number of pyridine rings is 1. The number of carbonyl (C=O) groups excluding carboxylic acids is 1. The van der Waals surface area contributed by atoms with Gasteiger partial charge in [0.1, 0.15) is 5.82 Å². The first-order chi connectivity index (χ1) is 10.0. The van der Waals surface area contributed by atoms with E-state index in [0.717, 1.165) is 10.2 Å². The zero-order valence-corrected chi connectivity index (χ0v) is 12.2. The third-order valence-corrected chi connectivity index (χ3v) is 3.95. The molecule has 0 fully saturated rings. The summed E-state index contributed by atoms with van der Waals surface area (Å²) in [5.41, 5.74) is 12.2. The van der Waals surface area contributed by atoms with Crippen molar-refractivity contribution in [1.82, 2.24) is 9.97 Å². The zero-order chi connectivity index (χ0) is 15.0. The van der Waals surface area contributed by atoms with Gasteiger partial charge in [-0.15, -0.1) is 0 Å². The molecule has 0 unspecified atom stereocenters. The highest BCUT2D eigenvalue weighted by Crippen LogP contribution is 2.30. The molecule has 5 N–H and O–H groups in total. The van der Waals surface area contributed by atoms with Crippen LogP contribution in [-0.2, 0) is 0 Å². The van der Waals surface area contributed by atoms with Crippen molar-refractivity contribution in [3.8, 4) is 0 Å². The Morgan fingerprint density at radius 2 is 2.14 bits per heavy atom. The van der Waals surface area contributed by atoms with E-state index in [4.69, 9.17) is 23.1 Å². The molecule has 0 radical (unpaired) electrons. The highest BCUT2D eigenvalue weighted by molar-refractivity contribution is 7.22. The van der Waals surface area contributed by atoms with Gasteiger partial charge < -0.3 is 16.8 Å². The van der Waals surface area contributed by atoms with Gasteiger partial charge >= 0.3 is 0 Å². The van der Waals surface area contributed by atoms with Crippen molar-refractivity contribution in [2.75, 3.05) is 11.1 Å². The molecule has 0 bridgehead atoms. The van der Waals surface area contributed by atoms with Crippen molar-refractivity contribution in [2.45, 2.75) is 0 Å². The molecule has 3 aromatic rings. The third kappa shape index (κ3) is 2.74. The second kappa shape index (κ2) is 5.19. The van der Waals surface area contributed by atoms with Crippen molar-refractivity contribution in [3.63, 3.8) is 0 Å². The predicted molar refractivity (Wildman–Crippen MR) is 85.1 cm³/mol. The number of benzene rings is 1. The van der Waals surface area contributed by atoms with Crippen LogP contribution < -0.4 is 16.8 Å². The fourth-order valence-corrected chi connectivity index (χ4v) is 2.96. The number of nitrogens with zero attached hydrogens (tertiary/aromatic N) is 2. The van der Waals surface area contributed by atoms with E-state index in [1.165, 1.54) is 23.6 Å². The van der Waals surface area contributed by atoms with Crippen LogP contribution in [0.25, 0.3) is 10.2 Å². The van der Waals surface area contributed by atoms with Crippen LogP contribution in [0.5, 0.6) is 0 Å². The lowest BCUT2D eigenvalue weighted by Crippen LogP contribution is -2.14. The minimum absolute atomic E-state index is 0.219. The second-order valence-electron chi connectivity index (χ2n) is 4.28. The minimum atomic E-state index is -0.603. The summed E-state index contributed by atoms with van der Waals surface area (Å²) in [6.07, 6.45) is 1.38. The summed E-state index contributed by atoms with van der Waals surface area (Å²) < 4.78 is 0.954. The number of carbonyl (C=O) groups is 1. The van der Waals surface area contributed by atoms with Gasteiger partial charge in [0.05, 0.1) is 27.7 Å². The number of amides is 1. The number of hydrogen-bond acceptors (Lipinski definition) is 6. The molecule has 0 saturated carbocycles. The Morgan fingerprint density at radius 3 is 2.90 bits per heavy atom. The first kappa shape index (κ1) is 13.6. The molecular formula is C13H10ClN5OS. The van der Waals surface area contributed by atoms with E-state index in [-0.39, 0.29) is 11.3 Å². The van der Waals surface area contributed by atoms with Gasteiger partial charge in [-0.05, 0) is 24.3 Å². The molecule has 6 nitrogen and oxygen atoms in total.